The van der Waals surface area contributed by atoms with Gasteiger partial charge in [0.25, 0.3) is 0 Å². The van der Waals surface area contributed by atoms with Gasteiger partial charge in [-0.3, -0.25) is 9.79 Å². The lowest BCUT2D eigenvalue weighted by Gasteiger charge is -2.20. The van der Waals surface area contributed by atoms with Crippen LogP contribution in [0, 0.1) is 5.82 Å². The van der Waals surface area contributed by atoms with Crippen LogP contribution in [0.1, 0.15) is 43.1 Å². The first kappa shape index (κ1) is 19.7. The molecule has 2 heterocycles. The van der Waals surface area contributed by atoms with Gasteiger partial charge in [0.1, 0.15) is 5.82 Å². The number of rotatable bonds is 5. The number of carbonyl (C=O) groups is 1. The fourth-order valence-corrected chi connectivity index (χ4v) is 4.07. The molecule has 1 aromatic heterocycles. The minimum atomic E-state index is -0.297. The number of amidine groups is 1. The molecule has 0 bridgehead atoms. The molecule has 5 nitrogen and oxygen atoms in total. The lowest BCUT2D eigenvalue weighted by atomic mass is 10.1. The maximum atomic E-state index is 13.4. The highest BCUT2D eigenvalue weighted by Gasteiger charge is 2.20. The Hall–Kier alpha value is -2.06. The van der Waals surface area contributed by atoms with Crippen molar-refractivity contribution in [3.8, 4) is 0 Å². The van der Waals surface area contributed by atoms with Crippen LogP contribution in [0.4, 0.5) is 4.39 Å². The van der Waals surface area contributed by atoms with Crippen LogP contribution in [0.25, 0.3) is 0 Å². The topological polar surface area (TPSA) is 66.4 Å². The van der Waals surface area contributed by atoms with E-state index in [1.807, 2.05) is 32.2 Å². The average Bonchev–Trinajstić information content (AvgIpc) is 3.01. The summed E-state index contributed by atoms with van der Waals surface area (Å²) in [5, 5.41) is 8.68. The first-order valence-corrected chi connectivity index (χ1v) is 10.2. The second-order valence-corrected chi connectivity index (χ2v) is 8.32. The monoisotopic (exact) mass is 450 g/mol. The van der Waals surface area contributed by atoms with Crippen molar-refractivity contribution in [3.63, 3.8) is 0 Å². The molecule has 8 heteroatoms. The fraction of sp³-hybridized carbons (Fsp3) is 0.316. The van der Waals surface area contributed by atoms with Crippen LogP contribution < -0.4 is 10.6 Å². The molecule has 0 saturated heterocycles. The minimum Gasteiger partial charge on any atom is -0.354 e. The second kappa shape index (κ2) is 8.31. The molecular formula is C19H20BrFN4OS. The molecule has 2 aromatic rings. The van der Waals surface area contributed by atoms with E-state index in [9.17, 15) is 9.18 Å². The average molecular weight is 451 g/mol. The van der Waals surface area contributed by atoms with Gasteiger partial charge in [-0.25, -0.2) is 9.37 Å². The van der Waals surface area contributed by atoms with Crippen LogP contribution in [0.15, 0.2) is 44.8 Å². The number of allylic oxidation sites excluding steroid dienone is 1. The minimum absolute atomic E-state index is 0.0513. The van der Waals surface area contributed by atoms with E-state index < -0.39 is 0 Å². The summed E-state index contributed by atoms with van der Waals surface area (Å²) < 4.78 is 14.1. The number of halogens is 2. The molecular weight excluding hydrogens is 431 g/mol. The van der Waals surface area contributed by atoms with Gasteiger partial charge in [-0.2, -0.15) is 0 Å². The van der Waals surface area contributed by atoms with E-state index in [4.69, 9.17) is 4.99 Å². The van der Waals surface area contributed by atoms with Crippen molar-refractivity contribution in [2.24, 2.45) is 4.99 Å². The highest BCUT2D eigenvalue weighted by atomic mass is 79.9. The van der Waals surface area contributed by atoms with Crippen molar-refractivity contribution in [2.75, 3.05) is 0 Å². The lowest BCUT2D eigenvalue weighted by molar-refractivity contribution is -0.120. The predicted octanol–water partition coefficient (Wildman–Crippen LogP) is 4.11. The Kier molecular flexibility index (Phi) is 6.06. The van der Waals surface area contributed by atoms with Crippen LogP contribution in [0.3, 0.4) is 0 Å². The SMILES string of the molecule is CC1=CC(c2ccc(F)cc2Br)N=C(c2nc(CC(=O)NC(C)C)cs2)N1. The standard InChI is InChI=1S/C19H20BrFN4OS/c1-10(2)22-17(26)8-13-9-27-19(24-13)18-23-11(3)6-16(25-18)14-5-4-12(21)7-15(14)20/h4-7,9-10,16H,8H2,1-3H3,(H,22,26)(H,23,25). The van der Waals surface area contributed by atoms with Crippen molar-refractivity contribution in [1.29, 1.82) is 0 Å². The van der Waals surface area contributed by atoms with Crippen molar-refractivity contribution in [3.05, 3.63) is 61.9 Å². The third-order valence-corrected chi connectivity index (χ3v) is 5.40. The fourth-order valence-electron chi connectivity index (χ4n) is 2.72. The van der Waals surface area contributed by atoms with Crippen LogP contribution >= 0.6 is 27.3 Å². The molecule has 1 aliphatic rings. The molecule has 142 valence electrons. The smallest absolute Gasteiger partial charge is 0.226 e. The van der Waals surface area contributed by atoms with Crippen molar-refractivity contribution < 1.29 is 9.18 Å². The molecule has 0 spiro atoms. The van der Waals surface area contributed by atoms with E-state index in [2.05, 4.69) is 31.5 Å². The van der Waals surface area contributed by atoms with Crippen LogP contribution in [-0.2, 0) is 11.2 Å². The van der Waals surface area contributed by atoms with E-state index >= 15 is 0 Å². The number of nitrogens with one attached hydrogen (secondary N) is 2. The van der Waals surface area contributed by atoms with Gasteiger partial charge in [0.15, 0.2) is 10.8 Å². The largest absolute Gasteiger partial charge is 0.354 e. The van der Waals surface area contributed by atoms with Gasteiger partial charge >= 0.3 is 0 Å². The molecule has 27 heavy (non-hydrogen) atoms. The van der Waals surface area contributed by atoms with Crippen LogP contribution in [-0.4, -0.2) is 22.8 Å². The van der Waals surface area contributed by atoms with Gasteiger partial charge in [-0.05, 0) is 44.5 Å². The van der Waals surface area contributed by atoms with E-state index in [1.165, 1.54) is 23.5 Å². The van der Waals surface area contributed by atoms with Crippen molar-refractivity contribution in [2.45, 2.75) is 39.3 Å². The zero-order valence-electron chi connectivity index (χ0n) is 15.2. The molecule has 0 radical (unpaired) electrons. The van der Waals surface area contributed by atoms with E-state index in [-0.39, 0.29) is 30.2 Å². The Morgan fingerprint density at radius 3 is 2.93 bits per heavy atom. The first-order chi connectivity index (χ1) is 12.8. The molecule has 1 atom stereocenters. The third-order valence-electron chi connectivity index (χ3n) is 3.82. The summed E-state index contributed by atoms with van der Waals surface area (Å²) in [6, 6.07) is 4.44. The molecule has 1 aliphatic heterocycles. The number of hydrogen-bond donors (Lipinski definition) is 2. The molecule has 0 fully saturated rings. The van der Waals surface area contributed by atoms with Crippen LogP contribution in [0.2, 0.25) is 0 Å². The molecule has 1 aromatic carbocycles. The summed E-state index contributed by atoms with van der Waals surface area (Å²) in [6.07, 6.45) is 2.22. The summed E-state index contributed by atoms with van der Waals surface area (Å²) >= 11 is 4.85. The second-order valence-electron chi connectivity index (χ2n) is 6.61. The molecule has 1 unspecified atom stereocenters. The number of thiazole rings is 1. The number of amides is 1. The molecule has 1 amide bonds. The Labute approximate surface area is 169 Å². The van der Waals surface area contributed by atoms with E-state index in [0.717, 1.165) is 16.3 Å². The highest BCUT2D eigenvalue weighted by molar-refractivity contribution is 9.10. The van der Waals surface area contributed by atoms with Gasteiger partial charge < -0.3 is 10.6 Å². The van der Waals surface area contributed by atoms with E-state index in [1.54, 1.807) is 6.07 Å². The zero-order chi connectivity index (χ0) is 19.6. The van der Waals surface area contributed by atoms with Gasteiger partial charge in [0.2, 0.25) is 5.91 Å². The van der Waals surface area contributed by atoms with Crippen molar-refractivity contribution in [1.82, 2.24) is 15.6 Å². The normalized spacial score (nSPS) is 16.6. The van der Waals surface area contributed by atoms with E-state index in [0.29, 0.717) is 16.0 Å². The Morgan fingerprint density at radius 1 is 1.44 bits per heavy atom. The van der Waals surface area contributed by atoms with Gasteiger partial charge in [0, 0.05) is 21.6 Å². The maximum absolute atomic E-state index is 13.4. The number of aromatic nitrogens is 1. The number of benzene rings is 1. The quantitative estimate of drug-likeness (QED) is 0.719. The Balaban J connectivity index is 1.82. The third kappa shape index (κ3) is 5.01. The first-order valence-electron chi connectivity index (χ1n) is 8.54. The lowest BCUT2D eigenvalue weighted by Crippen LogP contribution is -2.31. The number of aliphatic imine (C=N–C) groups is 1. The zero-order valence-corrected chi connectivity index (χ0v) is 17.6. The Morgan fingerprint density at radius 2 is 2.22 bits per heavy atom. The summed E-state index contributed by atoms with van der Waals surface area (Å²) in [5.74, 6) is 0.301. The summed E-state index contributed by atoms with van der Waals surface area (Å²) in [6.45, 7) is 5.80. The predicted molar refractivity (Wildman–Crippen MR) is 109 cm³/mol. The number of carbonyl (C=O) groups excluding carboxylic acids is 1. The molecule has 0 saturated carbocycles. The number of hydrogen-bond acceptors (Lipinski definition) is 5. The maximum Gasteiger partial charge on any atom is 0.226 e. The summed E-state index contributed by atoms with van der Waals surface area (Å²) in [4.78, 5) is 21.2. The molecule has 2 N–H and O–H groups in total. The highest BCUT2D eigenvalue weighted by Crippen LogP contribution is 2.31. The van der Waals surface area contributed by atoms with Gasteiger partial charge in [-0.15, -0.1) is 11.3 Å². The number of nitrogens with zero attached hydrogens (tertiary/aromatic N) is 2. The summed E-state index contributed by atoms with van der Waals surface area (Å²) in [7, 11) is 0. The summed E-state index contributed by atoms with van der Waals surface area (Å²) in [5.41, 5.74) is 2.53. The van der Waals surface area contributed by atoms with Gasteiger partial charge in [-0.1, -0.05) is 22.0 Å². The molecule has 0 aliphatic carbocycles. The Bertz CT molecular complexity index is 922. The van der Waals surface area contributed by atoms with Gasteiger partial charge in [0.05, 0.1) is 18.2 Å². The molecule has 3 rings (SSSR count). The van der Waals surface area contributed by atoms with Crippen LogP contribution in [0.5, 0.6) is 0 Å². The van der Waals surface area contributed by atoms with Crippen molar-refractivity contribution >= 4 is 39.0 Å².